The number of nitriles is 1. The van der Waals surface area contributed by atoms with Crippen molar-refractivity contribution in [3.05, 3.63) is 88.7 Å². The monoisotopic (exact) mass is 541 g/mol. The van der Waals surface area contributed by atoms with Gasteiger partial charge in [-0.1, -0.05) is 31.2 Å². The van der Waals surface area contributed by atoms with E-state index in [0.29, 0.717) is 23.5 Å². The summed E-state index contributed by atoms with van der Waals surface area (Å²) < 4.78 is 22.5. The Morgan fingerprint density at radius 2 is 2.08 bits per heavy atom. The number of hydrogen-bond donors (Lipinski definition) is 0. The van der Waals surface area contributed by atoms with Gasteiger partial charge in [0.05, 0.1) is 41.9 Å². The summed E-state index contributed by atoms with van der Waals surface area (Å²) in [6.07, 6.45) is 9.43. The number of rotatable bonds is 12. The number of imidazole rings is 1. The minimum Gasteiger partial charge on any atom is -0.377 e. The van der Waals surface area contributed by atoms with Crippen LogP contribution in [0.2, 0.25) is 0 Å². The normalized spacial score (nSPS) is 16.0. The lowest BCUT2D eigenvalue weighted by Gasteiger charge is -2.32. The third-order valence-electron chi connectivity index (χ3n) is 7.51. The van der Waals surface area contributed by atoms with Gasteiger partial charge in [0.25, 0.3) is 0 Å². The highest BCUT2D eigenvalue weighted by Crippen LogP contribution is 2.27. The highest BCUT2D eigenvalue weighted by molar-refractivity contribution is 5.76. The van der Waals surface area contributed by atoms with Crippen LogP contribution in [0.15, 0.2) is 65.3 Å². The summed E-state index contributed by atoms with van der Waals surface area (Å²) in [7, 11) is 0. The number of ether oxygens (including phenoxy) is 1. The number of aromatic nitrogens is 2. The fraction of sp³-hybridized carbons (Fsp3) is 0.424. The van der Waals surface area contributed by atoms with E-state index in [1.807, 2.05) is 24.3 Å². The highest BCUT2D eigenvalue weighted by atomic mass is 19.1. The second-order valence-electron chi connectivity index (χ2n) is 10.7. The molecule has 40 heavy (non-hydrogen) atoms. The molecule has 6 nitrogen and oxygen atoms in total. The van der Waals surface area contributed by atoms with Gasteiger partial charge in [0, 0.05) is 18.2 Å². The molecule has 1 unspecified atom stereocenters. The van der Waals surface area contributed by atoms with Crippen LogP contribution in [-0.4, -0.2) is 47.0 Å². The Bertz CT molecular complexity index is 1410. The van der Waals surface area contributed by atoms with Crippen molar-refractivity contribution in [1.29, 1.82) is 5.26 Å². The Morgan fingerprint density at radius 3 is 2.77 bits per heavy atom. The number of fused-ring (bicyclic) bond motifs is 1. The molecule has 0 N–H and O–H groups in total. The van der Waals surface area contributed by atoms with Gasteiger partial charge in [-0.3, -0.25) is 9.89 Å². The van der Waals surface area contributed by atoms with E-state index in [9.17, 15) is 4.39 Å². The Hall–Kier alpha value is -3.60. The van der Waals surface area contributed by atoms with E-state index in [1.165, 1.54) is 11.6 Å². The standard InChI is InChI=1S/C33H40FN5O/c1-5-18-40-25(3)22-39-32-13-10-24(2)19-31(32)37-33(39)23-38-16-14-28(15-17-38)30(36-4)9-7-6-8-27-12-11-26(21-35)20-29(27)34/h6-7,9-13,19-20,25,28H,4-5,8,14-18,22-23H2,1-3H3/b7-6-,30-9-. The maximum Gasteiger partial charge on any atom is 0.128 e. The van der Waals surface area contributed by atoms with Crippen LogP contribution in [0.5, 0.6) is 0 Å². The number of hydrogen-bond acceptors (Lipinski definition) is 5. The SMILES string of the molecule is C=N/C(=C\C=C/Cc1ccc(C#N)cc1F)C1CCN(Cc2nc3cc(C)ccc3n2CC(C)OCCC)CC1. The van der Waals surface area contributed by atoms with E-state index < -0.39 is 0 Å². The number of aliphatic imine (C=N–C) groups is 1. The molecule has 1 atom stereocenters. The lowest BCUT2D eigenvalue weighted by atomic mass is 9.93. The molecule has 4 rings (SSSR count). The molecule has 1 aliphatic heterocycles. The van der Waals surface area contributed by atoms with Crippen molar-refractivity contribution in [1.82, 2.24) is 14.5 Å². The molecule has 210 valence electrons. The molecule has 0 bridgehead atoms. The van der Waals surface area contributed by atoms with Gasteiger partial charge in [0.2, 0.25) is 0 Å². The number of piperidine rings is 1. The van der Waals surface area contributed by atoms with Gasteiger partial charge in [0.15, 0.2) is 0 Å². The van der Waals surface area contributed by atoms with Crippen LogP contribution in [0.25, 0.3) is 11.0 Å². The summed E-state index contributed by atoms with van der Waals surface area (Å²) in [5, 5.41) is 8.91. The van der Waals surface area contributed by atoms with Crippen molar-refractivity contribution >= 4 is 17.8 Å². The third kappa shape index (κ3) is 7.53. The van der Waals surface area contributed by atoms with E-state index in [4.69, 9.17) is 15.0 Å². The van der Waals surface area contributed by atoms with Crippen LogP contribution >= 0.6 is 0 Å². The van der Waals surface area contributed by atoms with Crippen LogP contribution in [0.4, 0.5) is 4.39 Å². The molecule has 0 spiro atoms. The molecule has 0 aliphatic carbocycles. The zero-order valence-electron chi connectivity index (χ0n) is 23.9. The largest absolute Gasteiger partial charge is 0.377 e. The zero-order valence-corrected chi connectivity index (χ0v) is 23.9. The maximum absolute atomic E-state index is 14.1. The predicted molar refractivity (Wildman–Crippen MR) is 160 cm³/mol. The summed E-state index contributed by atoms with van der Waals surface area (Å²) in [6, 6.07) is 13.0. The van der Waals surface area contributed by atoms with Gasteiger partial charge < -0.3 is 9.30 Å². The topological polar surface area (TPSA) is 66.4 Å². The van der Waals surface area contributed by atoms with E-state index in [1.54, 1.807) is 12.1 Å². The first kappa shape index (κ1) is 29.4. The zero-order chi connectivity index (χ0) is 28.5. The summed E-state index contributed by atoms with van der Waals surface area (Å²) in [4.78, 5) is 11.8. The first-order valence-electron chi connectivity index (χ1n) is 14.2. The van der Waals surface area contributed by atoms with E-state index >= 15 is 0 Å². The van der Waals surface area contributed by atoms with Gasteiger partial charge >= 0.3 is 0 Å². The van der Waals surface area contributed by atoms with Gasteiger partial charge in [-0.2, -0.15) is 5.26 Å². The Labute approximate surface area is 237 Å². The average molecular weight is 542 g/mol. The van der Waals surface area contributed by atoms with Crippen molar-refractivity contribution in [3.8, 4) is 6.07 Å². The van der Waals surface area contributed by atoms with Gasteiger partial charge in [-0.15, -0.1) is 0 Å². The molecular weight excluding hydrogens is 501 g/mol. The Balaban J connectivity index is 1.37. The second kappa shape index (κ2) is 14.2. The molecule has 1 saturated heterocycles. The molecule has 1 aliphatic rings. The third-order valence-corrected chi connectivity index (χ3v) is 7.51. The average Bonchev–Trinajstić information content (AvgIpc) is 3.28. The minimum atomic E-state index is -0.353. The van der Waals surface area contributed by atoms with Gasteiger partial charge in [0.1, 0.15) is 11.6 Å². The van der Waals surface area contributed by atoms with E-state index in [0.717, 1.165) is 74.6 Å². The van der Waals surface area contributed by atoms with E-state index in [-0.39, 0.29) is 11.9 Å². The lowest BCUT2D eigenvalue weighted by Crippen LogP contribution is -2.34. The number of likely N-dealkylation sites (tertiary alicyclic amines) is 1. The number of halogens is 1. The molecule has 7 heteroatoms. The van der Waals surface area contributed by atoms with Crippen LogP contribution in [0.3, 0.4) is 0 Å². The second-order valence-corrected chi connectivity index (χ2v) is 10.7. The van der Waals surface area contributed by atoms with Crippen LogP contribution < -0.4 is 0 Å². The molecule has 1 aromatic heterocycles. The molecule has 2 aromatic carbocycles. The number of aryl methyl sites for hydroxylation is 1. The first-order valence-corrected chi connectivity index (χ1v) is 14.2. The van der Waals surface area contributed by atoms with Crippen LogP contribution in [-0.2, 0) is 24.2 Å². The fourth-order valence-corrected chi connectivity index (χ4v) is 5.29. The van der Waals surface area contributed by atoms with Crippen LogP contribution in [0.1, 0.15) is 55.6 Å². The van der Waals surface area contributed by atoms with Crippen molar-refractivity contribution in [2.24, 2.45) is 10.9 Å². The summed E-state index contributed by atoms with van der Waals surface area (Å²) >= 11 is 0. The summed E-state index contributed by atoms with van der Waals surface area (Å²) in [5.41, 5.74) is 5.29. The minimum absolute atomic E-state index is 0.121. The van der Waals surface area contributed by atoms with Gasteiger partial charge in [-0.05, 0) is 101 Å². The molecule has 0 saturated carbocycles. The Morgan fingerprint density at radius 1 is 1.27 bits per heavy atom. The molecule has 3 aromatic rings. The number of benzene rings is 2. The van der Waals surface area contributed by atoms with Gasteiger partial charge in [-0.25, -0.2) is 9.37 Å². The van der Waals surface area contributed by atoms with Crippen molar-refractivity contribution in [3.63, 3.8) is 0 Å². The number of allylic oxidation sites excluding steroid dienone is 4. The van der Waals surface area contributed by atoms with Crippen molar-refractivity contribution < 1.29 is 9.13 Å². The quantitative estimate of drug-likeness (QED) is 0.188. The van der Waals surface area contributed by atoms with Crippen molar-refractivity contribution in [2.45, 2.75) is 65.6 Å². The van der Waals surface area contributed by atoms with Crippen LogP contribution in [0, 0.1) is 30.0 Å². The summed E-state index contributed by atoms with van der Waals surface area (Å²) in [6.45, 7) is 14.5. The first-order chi connectivity index (χ1) is 19.4. The Kier molecular flexibility index (Phi) is 10.4. The molecular formula is C33H40FN5O. The molecule has 2 heterocycles. The molecule has 0 amide bonds. The molecule has 0 radical (unpaired) electrons. The summed E-state index contributed by atoms with van der Waals surface area (Å²) in [5.74, 6) is 1.07. The lowest BCUT2D eigenvalue weighted by molar-refractivity contribution is 0.0543. The van der Waals surface area contributed by atoms with E-state index in [2.05, 4.69) is 60.1 Å². The number of nitrogens with zero attached hydrogens (tertiary/aromatic N) is 5. The maximum atomic E-state index is 14.1. The van der Waals surface area contributed by atoms with Crippen molar-refractivity contribution in [2.75, 3.05) is 19.7 Å². The molecule has 1 fully saturated rings. The predicted octanol–water partition coefficient (Wildman–Crippen LogP) is 6.77. The highest BCUT2D eigenvalue weighted by Gasteiger charge is 2.24. The fourth-order valence-electron chi connectivity index (χ4n) is 5.29. The smallest absolute Gasteiger partial charge is 0.128 e.